The number of hydrogen-bond acceptors (Lipinski definition) is 4. The molecular formula is C15H18ClFN4. The van der Waals surface area contributed by atoms with E-state index in [1.165, 1.54) is 6.07 Å². The van der Waals surface area contributed by atoms with Gasteiger partial charge in [-0.2, -0.15) is 0 Å². The third kappa shape index (κ3) is 3.61. The lowest BCUT2D eigenvalue weighted by molar-refractivity contribution is 0.632. The Morgan fingerprint density at radius 1 is 1.19 bits per heavy atom. The van der Waals surface area contributed by atoms with Gasteiger partial charge < -0.3 is 10.6 Å². The first kappa shape index (κ1) is 15.5. The quantitative estimate of drug-likeness (QED) is 0.856. The Labute approximate surface area is 128 Å². The molecule has 1 heterocycles. The molecule has 0 aliphatic carbocycles. The highest BCUT2D eigenvalue weighted by molar-refractivity contribution is 6.31. The molecule has 6 heteroatoms. The van der Waals surface area contributed by atoms with Crippen LogP contribution in [0.2, 0.25) is 5.02 Å². The van der Waals surface area contributed by atoms with Crippen LogP contribution in [0.1, 0.15) is 24.7 Å². The summed E-state index contributed by atoms with van der Waals surface area (Å²) < 4.78 is 14.0. The van der Waals surface area contributed by atoms with Crippen LogP contribution in [0.4, 0.5) is 21.7 Å². The Balaban J connectivity index is 2.35. The first-order chi connectivity index (χ1) is 10.0. The molecule has 0 fully saturated rings. The van der Waals surface area contributed by atoms with Crippen molar-refractivity contribution in [1.29, 1.82) is 0 Å². The Hall–Kier alpha value is -1.88. The van der Waals surface area contributed by atoms with Gasteiger partial charge in [-0.15, -0.1) is 0 Å². The molecule has 0 saturated heterocycles. The van der Waals surface area contributed by atoms with E-state index in [1.807, 2.05) is 6.92 Å². The topological polar surface area (TPSA) is 49.8 Å². The standard InChI is InChI=1S/C15H18ClFN4/c1-4-8-18-14-9(2)15(20-10(3)19-14)21-12-7-5-6-11(16)13(12)17/h5-7H,4,8H2,1-3H3,(H2,18,19,20,21). The Kier molecular flexibility index (Phi) is 4.96. The molecule has 112 valence electrons. The van der Waals surface area contributed by atoms with Crippen LogP contribution in [-0.4, -0.2) is 16.5 Å². The summed E-state index contributed by atoms with van der Waals surface area (Å²) in [6.45, 7) is 6.59. The molecule has 21 heavy (non-hydrogen) atoms. The normalized spacial score (nSPS) is 10.5. The van der Waals surface area contributed by atoms with Gasteiger partial charge in [-0.1, -0.05) is 24.6 Å². The average Bonchev–Trinajstić information content (AvgIpc) is 2.45. The highest BCUT2D eigenvalue weighted by atomic mass is 35.5. The van der Waals surface area contributed by atoms with E-state index in [4.69, 9.17) is 11.6 Å². The second-order valence-electron chi connectivity index (χ2n) is 4.75. The second-order valence-corrected chi connectivity index (χ2v) is 5.15. The zero-order valence-electron chi connectivity index (χ0n) is 12.3. The smallest absolute Gasteiger partial charge is 0.165 e. The highest BCUT2D eigenvalue weighted by Crippen LogP contribution is 2.27. The maximum absolute atomic E-state index is 14.0. The van der Waals surface area contributed by atoms with Gasteiger partial charge in [-0.05, 0) is 32.4 Å². The van der Waals surface area contributed by atoms with Gasteiger partial charge >= 0.3 is 0 Å². The molecule has 2 rings (SSSR count). The van der Waals surface area contributed by atoms with Crippen LogP contribution < -0.4 is 10.6 Å². The van der Waals surface area contributed by atoms with Crippen molar-refractivity contribution in [3.05, 3.63) is 40.4 Å². The number of benzene rings is 1. The molecule has 0 unspecified atom stereocenters. The van der Waals surface area contributed by atoms with Gasteiger partial charge in [0.05, 0.1) is 10.7 Å². The minimum atomic E-state index is -0.488. The lowest BCUT2D eigenvalue weighted by Crippen LogP contribution is -2.09. The molecule has 2 N–H and O–H groups in total. The van der Waals surface area contributed by atoms with E-state index in [-0.39, 0.29) is 5.02 Å². The number of hydrogen-bond donors (Lipinski definition) is 2. The van der Waals surface area contributed by atoms with Crippen molar-refractivity contribution in [1.82, 2.24) is 9.97 Å². The number of rotatable bonds is 5. The molecule has 0 bridgehead atoms. The largest absolute Gasteiger partial charge is 0.370 e. The van der Waals surface area contributed by atoms with Crippen LogP contribution in [0, 0.1) is 19.7 Å². The number of anilines is 3. The number of nitrogens with one attached hydrogen (secondary N) is 2. The Morgan fingerprint density at radius 2 is 1.90 bits per heavy atom. The number of aromatic nitrogens is 2. The van der Waals surface area contributed by atoms with Gasteiger partial charge in [0.1, 0.15) is 17.5 Å². The van der Waals surface area contributed by atoms with Gasteiger partial charge in [0, 0.05) is 12.1 Å². The summed E-state index contributed by atoms with van der Waals surface area (Å²) in [7, 11) is 0. The van der Waals surface area contributed by atoms with Crippen LogP contribution in [0.15, 0.2) is 18.2 Å². The van der Waals surface area contributed by atoms with E-state index in [1.54, 1.807) is 19.1 Å². The average molecular weight is 309 g/mol. The van der Waals surface area contributed by atoms with Gasteiger partial charge in [0.15, 0.2) is 5.82 Å². The van der Waals surface area contributed by atoms with Gasteiger partial charge in [0.25, 0.3) is 0 Å². The lowest BCUT2D eigenvalue weighted by atomic mass is 10.2. The predicted octanol–water partition coefficient (Wildman–Crippen LogP) is 4.45. The van der Waals surface area contributed by atoms with Crippen molar-refractivity contribution in [2.24, 2.45) is 0 Å². The monoisotopic (exact) mass is 308 g/mol. The van der Waals surface area contributed by atoms with Crippen molar-refractivity contribution < 1.29 is 4.39 Å². The predicted molar refractivity (Wildman–Crippen MR) is 85.0 cm³/mol. The van der Waals surface area contributed by atoms with E-state index in [2.05, 4.69) is 27.5 Å². The first-order valence-corrected chi connectivity index (χ1v) is 7.21. The van der Waals surface area contributed by atoms with Gasteiger partial charge in [-0.25, -0.2) is 14.4 Å². The van der Waals surface area contributed by atoms with Crippen LogP contribution in [-0.2, 0) is 0 Å². The molecule has 0 amide bonds. The van der Waals surface area contributed by atoms with E-state index in [9.17, 15) is 4.39 Å². The molecule has 0 aliphatic rings. The van der Waals surface area contributed by atoms with Crippen molar-refractivity contribution in [3.8, 4) is 0 Å². The molecule has 1 aromatic heterocycles. The molecule has 0 radical (unpaired) electrons. The summed E-state index contributed by atoms with van der Waals surface area (Å²) in [5.41, 5.74) is 1.14. The number of nitrogens with zero attached hydrogens (tertiary/aromatic N) is 2. The zero-order chi connectivity index (χ0) is 15.4. The van der Waals surface area contributed by atoms with E-state index >= 15 is 0 Å². The fraction of sp³-hybridized carbons (Fsp3) is 0.333. The summed E-state index contributed by atoms with van der Waals surface area (Å²) in [4.78, 5) is 8.71. The fourth-order valence-electron chi connectivity index (χ4n) is 1.89. The van der Waals surface area contributed by atoms with Crippen molar-refractivity contribution >= 4 is 28.9 Å². The zero-order valence-corrected chi connectivity index (χ0v) is 13.1. The van der Waals surface area contributed by atoms with E-state index in [0.29, 0.717) is 17.3 Å². The summed E-state index contributed by atoms with van der Waals surface area (Å²) in [6.07, 6.45) is 0.994. The van der Waals surface area contributed by atoms with Crippen LogP contribution in [0.25, 0.3) is 0 Å². The van der Waals surface area contributed by atoms with Crippen molar-refractivity contribution in [2.75, 3.05) is 17.2 Å². The molecule has 0 atom stereocenters. The fourth-order valence-corrected chi connectivity index (χ4v) is 2.07. The number of aryl methyl sites for hydroxylation is 1. The van der Waals surface area contributed by atoms with E-state index in [0.717, 1.165) is 24.3 Å². The second kappa shape index (κ2) is 6.72. The minimum Gasteiger partial charge on any atom is -0.370 e. The summed E-state index contributed by atoms with van der Waals surface area (Å²) in [6, 6.07) is 4.82. The molecule has 1 aromatic carbocycles. The first-order valence-electron chi connectivity index (χ1n) is 6.83. The SMILES string of the molecule is CCCNc1nc(C)nc(Nc2cccc(Cl)c2F)c1C. The molecule has 0 spiro atoms. The summed E-state index contributed by atoms with van der Waals surface area (Å²) in [5, 5.41) is 6.31. The maximum Gasteiger partial charge on any atom is 0.165 e. The van der Waals surface area contributed by atoms with Crippen LogP contribution in [0.3, 0.4) is 0 Å². The maximum atomic E-state index is 14.0. The minimum absolute atomic E-state index is 0.0766. The summed E-state index contributed by atoms with van der Waals surface area (Å²) >= 11 is 5.79. The summed E-state index contributed by atoms with van der Waals surface area (Å²) in [5.74, 6) is 1.46. The Morgan fingerprint density at radius 3 is 2.62 bits per heavy atom. The molecule has 4 nitrogen and oxygen atoms in total. The highest BCUT2D eigenvalue weighted by Gasteiger charge is 2.12. The van der Waals surface area contributed by atoms with E-state index < -0.39 is 5.82 Å². The molecule has 0 aliphatic heterocycles. The molecule has 2 aromatic rings. The lowest BCUT2D eigenvalue weighted by Gasteiger charge is -2.14. The van der Waals surface area contributed by atoms with Crippen LogP contribution in [0.5, 0.6) is 0 Å². The Bertz CT molecular complexity index is 646. The third-order valence-corrected chi connectivity index (χ3v) is 3.30. The third-order valence-electron chi connectivity index (χ3n) is 3.00. The van der Waals surface area contributed by atoms with Crippen molar-refractivity contribution in [3.63, 3.8) is 0 Å². The van der Waals surface area contributed by atoms with Gasteiger partial charge in [0.2, 0.25) is 0 Å². The van der Waals surface area contributed by atoms with Crippen molar-refractivity contribution in [2.45, 2.75) is 27.2 Å². The van der Waals surface area contributed by atoms with Gasteiger partial charge in [-0.3, -0.25) is 0 Å². The van der Waals surface area contributed by atoms with Crippen LogP contribution >= 0.6 is 11.6 Å². The molecular weight excluding hydrogens is 291 g/mol. The number of halogens is 2. The molecule has 0 saturated carbocycles.